The summed E-state index contributed by atoms with van der Waals surface area (Å²) in [7, 11) is 0. The van der Waals surface area contributed by atoms with Crippen LogP contribution in [0.1, 0.15) is 22.5 Å². The maximum atomic E-state index is 12.3. The summed E-state index contributed by atoms with van der Waals surface area (Å²) in [5.74, 6) is 0.322. The van der Waals surface area contributed by atoms with E-state index in [1.807, 2.05) is 18.2 Å². The Balaban J connectivity index is 1.73. The lowest BCUT2D eigenvalue weighted by Crippen LogP contribution is -2.33. The molecule has 1 aromatic carbocycles. The van der Waals surface area contributed by atoms with E-state index in [1.54, 1.807) is 0 Å². The van der Waals surface area contributed by atoms with Crippen LogP contribution in [0.2, 0.25) is 0 Å². The Morgan fingerprint density at radius 3 is 3.14 bits per heavy atom. The van der Waals surface area contributed by atoms with Gasteiger partial charge in [0, 0.05) is 27.7 Å². The molecule has 2 aromatic rings. The number of ether oxygens (including phenoxy) is 1. The fraction of sp³-hybridized carbons (Fsp3) is 0.400. The number of carbonyl (C=O) groups excluding carboxylic acids is 1. The lowest BCUT2D eigenvalue weighted by Gasteiger charge is -2.22. The summed E-state index contributed by atoms with van der Waals surface area (Å²) in [5.41, 5.74) is 6.68. The predicted molar refractivity (Wildman–Crippen MR) is 89.8 cm³/mol. The Morgan fingerprint density at radius 2 is 2.38 bits per heavy atom. The fourth-order valence-electron chi connectivity index (χ4n) is 2.54. The van der Waals surface area contributed by atoms with Gasteiger partial charge in [-0.15, -0.1) is 11.3 Å². The molecule has 3 rings (SSSR count). The average Bonchev–Trinajstić information content (AvgIpc) is 2.82. The number of nitrogens with one attached hydrogen (secondary N) is 1. The molecular weight excluding hydrogens is 352 g/mol. The van der Waals surface area contributed by atoms with E-state index >= 15 is 0 Å². The van der Waals surface area contributed by atoms with Gasteiger partial charge in [0.2, 0.25) is 0 Å². The zero-order chi connectivity index (χ0) is 14.8. The first-order valence-corrected chi connectivity index (χ1v) is 8.59. The topological polar surface area (TPSA) is 64.4 Å². The standard InChI is InChI=1S/C15H17BrN2O2S/c16-10-3-4-11-12(6-10)21-14(13(11)17)15(19)18-7-9-2-1-5-20-8-9/h3-4,6,9H,1-2,5,7-8,17H2,(H,18,19). The highest BCUT2D eigenvalue weighted by Gasteiger charge is 2.19. The first-order chi connectivity index (χ1) is 10.1. The molecule has 0 aliphatic carbocycles. The Labute approximate surface area is 135 Å². The van der Waals surface area contributed by atoms with E-state index in [9.17, 15) is 4.79 Å². The molecule has 1 aromatic heterocycles. The summed E-state index contributed by atoms with van der Waals surface area (Å²) >= 11 is 4.87. The van der Waals surface area contributed by atoms with Crippen LogP contribution in [0.4, 0.5) is 5.69 Å². The number of nitrogen functional groups attached to an aromatic ring is 1. The van der Waals surface area contributed by atoms with Gasteiger partial charge in [0.1, 0.15) is 4.88 Å². The number of halogens is 1. The molecular formula is C15H17BrN2O2S. The van der Waals surface area contributed by atoms with E-state index < -0.39 is 0 Å². The van der Waals surface area contributed by atoms with Crippen LogP contribution in [0.15, 0.2) is 22.7 Å². The van der Waals surface area contributed by atoms with Crippen molar-refractivity contribution in [2.45, 2.75) is 12.8 Å². The fourth-order valence-corrected chi connectivity index (χ4v) is 4.14. The van der Waals surface area contributed by atoms with E-state index in [4.69, 9.17) is 10.5 Å². The van der Waals surface area contributed by atoms with E-state index in [1.165, 1.54) is 11.3 Å². The van der Waals surface area contributed by atoms with E-state index in [0.717, 1.165) is 40.6 Å². The second kappa shape index (κ2) is 6.34. The molecule has 0 spiro atoms. The molecule has 1 saturated heterocycles. The number of carbonyl (C=O) groups is 1. The molecule has 0 saturated carbocycles. The van der Waals surface area contributed by atoms with Crippen LogP contribution in [0.3, 0.4) is 0 Å². The van der Waals surface area contributed by atoms with Crippen molar-refractivity contribution < 1.29 is 9.53 Å². The van der Waals surface area contributed by atoms with Crippen LogP contribution in [0.25, 0.3) is 10.1 Å². The lowest BCUT2D eigenvalue weighted by atomic mass is 10.0. The zero-order valence-electron chi connectivity index (χ0n) is 11.5. The maximum absolute atomic E-state index is 12.3. The van der Waals surface area contributed by atoms with Gasteiger partial charge in [-0.05, 0) is 30.9 Å². The van der Waals surface area contributed by atoms with Crippen molar-refractivity contribution >= 4 is 48.9 Å². The van der Waals surface area contributed by atoms with Gasteiger partial charge >= 0.3 is 0 Å². The third-order valence-corrected chi connectivity index (χ3v) is 5.36. The van der Waals surface area contributed by atoms with Gasteiger partial charge in [-0.3, -0.25) is 4.79 Å². The number of thiophene rings is 1. The van der Waals surface area contributed by atoms with Crippen molar-refractivity contribution in [1.29, 1.82) is 0 Å². The van der Waals surface area contributed by atoms with Crippen molar-refractivity contribution in [1.82, 2.24) is 5.32 Å². The molecule has 3 N–H and O–H groups in total. The molecule has 1 aliphatic heterocycles. The second-order valence-corrected chi connectivity index (χ2v) is 7.25. The van der Waals surface area contributed by atoms with Crippen LogP contribution in [0.5, 0.6) is 0 Å². The lowest BCUT2D eigenvalue weighted by molar-refractivity contribution is 0.0537. The Kier molecular flexibility index (Phi) is 4.47. The minimum Gasteiger partial charge on any atom is -0.397 e. The van der Waals surface area contributed by atoms with Crippen molar-refractivity contribution in [3.63, 3.8) is 0 Å². The number of fused-ring (bicyclic) bond motifs is 1. The first-order valence-electron chi connectivity index (χ1n) is 6.98. The number of anilines is 1. The Bertz CT molecular complexity index is 665. The third-order valence-electron chi connectivity index (χ3n) is 3.70. The number of rotatable bonds is 3. The monoisotopic (exact) mass is 368 g/mol. The van der Waals surface area contributed by atoms with Gasteiger partial charge in [0.25, 0.3) is 5.91 Å². The molecule has 0 radical (unpaired) electrons. The minimum atomic E-state index is -0.0876. The number of hydrogen-bond donors (Lipinski definition) is 2. The van der Waals surface area contributed by atoms with Crippen molar-refractivity contribution in [3.8, 4) is 0 Å². The molecule has 1 unspecified atom stereocenters. The van der Waals surface area contributed by atoms with Crippen molar-refractivity contribution in [2.24, 2.45) is 5.92 Å². The largest absolute Gasteiger partial charge is 0.397 e. The molecule has 1 atom stereocenters. The average molecular weight is 369 g/mol. The quantitative estimate of drug-likeness (QED) is 0.872. The van der Waals surface area contributed by atoms with Gasteiger partial charge in [-0.2, -0.15) is 0 Å². The molecule has 4 nitrogen and oxygen atoms in total. The van der Waals surface area contributed by atoms with Crippen molar-refractivity contribution in [2.75, 3.05) is 25.5 Å². The summed E-state index contributed by atoms with van der Waals surface area (Å²) < 4.78 is 7.44. The highest BCUT2D eigenvalue weighted by Crippen LogP contribution is 2.35. The number of nitrogens with two attached hydrogens (primary N) is 1. The molecule has 112 valence electrons. The molecule has 2 heterocycles. The normalized spacial score (nSPS) is 18.8. The van der Waals surface area contributed by atoms with Crippen LogP contribution in [-0.4, -0.2) is 25.7 Å². The van der Waals surface area contributed by atoms with Crippen LogP contribution in [0, 0.1) is 5.92 Å². The van der Waals surface area contributed by atoms with E-state index in [0.29, 0.717) is 23.0 Å². The van der Waals surface area contributed by atoms with E-state index in [-0.39, 0.29) is 5.91 Å². The van der Waals surface area contributed by atoms with Crippen LogP contribution >= 0.6 is 27.3 Å². The summed E-state index contributed by atoms with van der Waals surface area (Å²) in [6.45, 7) is 2.22. The molecule has 0 bridgehead atoms. The molecule has 1 aliphatic rings. The zero-order valence-corrected chi connectivity index (χ0v) is 13.9. The van der Waals surface area contributed by atoms with Gasteiger partial charge in [-0.25, -0.2) is 0 Å². The maximum Gasteiger partial charge on any atom is 0.263 e. The van der Waals surface area contributed by atoms with Crippen molar-refractivity contribution in [3.05, 3.63) is 27.5 Å². The Hall–Kier alpha value is -1.11. The summed E-state index contributed by atoms with van der Waals surface area (Å²) in [6.07, 6.45) is 2.18. The number of amides is 1. The predicted octanol–water partition coefficient (Wildman–Crippen LogP) is 3.40. The number of benzene rings is 1. The smallest absolute Gasteiger partial charge is 0.263 e. The van der Waals surface area contributed by atoms with Gasteiger partial charge in [-0.1, -0.05) is 22.0 Å². The third kappa shape index (κ3) is 3.22. The van der Waals surface area contributed by atoms with Crippen LogP contribution < -0.4 is 11.1 Å². The minimum absolute atomic E-state index is 0.0876. The second-order valence-electron chi connectivity index (χ2n) is 5.28. The highest BCUT2D eigenvalue weighted by molar-refractivity contribution is 9.10. The van der Waals surface area contributed by atoms with Crippen LogP contribution in [-0.2, 0) is 4.74 Å². The highest BCUT2D eigenvalue weighted by atomic mass is 79.9. The molecule has 1 fully saturated rings. The molecule has 1 amide bonds. The van der Waals surface area contributed by atoms with Gasteiger partial charge < -0.3 is 15.8 Å². The first kappa shape index (κ1) is 14.8. The summed E-state index contributed by atoms with van der Waals surface area (Å²) in [6, 6.07) is 5.87. The summed E-state index contributed by atoms with van der Waals surface area (Å²) in [4.78, 5) is 12.9. The van der Waals surface area contributed by atoms with E-state index in [2.05, 4.69) is 21.2 Å². The SMILES string of the molecule is Nc1c(C(=O)NCC2CCCOC2)sc2cc(Br)ccc12. The van der Waals surface area contributed by atoms with Gasteiger partial charge in [0.05, 0.1) is 12.3 Å². The molecule has 21 heavy (non-hydrogen) atoms. The van der Waals surface area contributed by atoms with Gasteiger partial charge in [0.15, 0.2) is 0 Å². The number of hydrogen-bond acceptors (Lipinski definition) is 4. The summed E-state index contributed by atoms with van der Waals surface area (Å²) in [5, 5.41) is 3.92. The Morgan fingerprint density at radius 1 is 1.52 bits per heavy atom. The molecule has 6 heteroatoms.